The Hall–Kier alpha value is -4.98. The Morgan fingerprint density at radius 2 is 1.74 bits per heavy atom. The SMILES string of the molecule is CN1CCCC1CCNCC(N)=O.O=C(c1cn2c3c(c(N4CCCCC4)c(F)cc3c1=O)Oc1cc3c(cc1-2)oc1ccccc13)N1CCOCC1. The van der Waals surface area contributed by atoms with Gasteiger partial charge in [0.2, 0.25) is 11.3 Å². The second kappa shape index (κ2) is 14.8. The van der Waals surface area contributed by atoms with E-state index >= 15 is 4.39 Å². The number of benzene rings is 3. The zero-order valence-corrected chi connectivity index (χ0v) is 30.0. The van der Waals surface area contributed by atoms with Crippen molar-refractivity contribution >= 4 is 50.3 Å². The number of carbonyl (C=O) groups excluding carboxylic acids is 2. The minimum Gasteiger partial charge on any atom is -0.456 e. The largest absolute Gasteiger partial charge is 0.456 e. The molecule has 2 amide bonds. The highest BCUT2D eigenvalue weighted by Gasteiger charge is 2.33. The van der Waals surface area contributed by atoms with Crippen LogP contribution in [0.2, 0.25) is 0 Å². The van der Waals surface area contributed by atoms with Crippen molar-refractivity contribution in [1.82, 2.24) is 19.7 Å². The van der Waals surface area contributed by atoms with Crippen LogP contribution < -0.4 is 26.1 Å². The number of nitrogens with two attached hydrogens (primary N) is 1. The molecule has 3 fully saturated rings. The van der Waals surface area contributed by atoms with E-state index in [0.717, 1.165) is 48.6 Å². The third-order valence-corrected chi connectivity index (χ3v) is 10.9. The van der Waals surface area contributed by atoms with Gasteiger partial charge in [0.15, 0.2) is 17.3 Å². The second-order valence-corrected chi connectivity index (χ2v) is 14.4. The molecule has 0 spiro atoms. The average Bonchev–Trinajstić information content (AvgIpc) is 3.76. The minimum atomic E-state index is -0.526. The third-order valence-electron chi connectivity index (χ3n) is 10.9. The van der Waals surface area contributed by atoms with Crippen LogP contribution in [0.3, 0.4) is 0 Å². The molecule has 3 N–H and O–H groups in total. The number of amides is 2. The lowest BCUT2D eigenvalue weighted by Gasteiger charge is -2.33. The summed E-state index contributed by atoms with van der Waals surface area (Å²) in [7, 11) is 2.16. The molecule has 53 heavy (non-hydrogen) atoms. The highest BCUT2D eigenvalue weighted by atomic mass is 19.1. The predicted octanol–water partition coefficient (Wildman–Crippen LogP) is 5.14. The lowest BCUT2D eigenvalue weighted by atomic mass is 10.0. The molecule has 12 nitrogen and oxygen atoms in total. The summed E-state index contributed by atoms with van der Waals surface area (Å²) in [6.07, 6.45) is 8.28. The maximum Gasteiger partial charge on any atom is 0.259 e. The fourth-order valence-electron chi connectivity index (χ4n) is 8.15. The number of halogens is 1. The summed E-state index contributed by atoms with van der Waals surface area (Å²) >= 11 is 0. The van der Waals surface area contributed by atoms with Gasteiger partial charge in [0.25, 0.3) is 5.91 Å². The number of pyridine rings is 1. The summed E-state index contributed by atoms with van der Waals surface area (Å²) in [5.41, 5.74) is 7.30. The van der Waals surface area contributed by atoms with Crippen molar-refractivity contribution in [1.29, 1.82) is 0 Å². The van der Waals surface area contributed by atoms with E-state index in [2.05, 4.69) is 17.3 Å². The molecular formula is C40H45FN6O6. The molecule has 278 valence electrons. The Balaban J connectivity index is 0.000000263. The lowest BCUT2D eigenvalue weighted by molar-refractivity contribution is -0.117. The molecule has 0 radical (unpaired) electrons. The summed E-state index contributed by atoms with van der Waals surface area (Å²) in [5.74, 6) is -0.384. The second-order valence-electron chi connectivity index (χ2n) is 14.4. The van der Waals surface area contributed by atoms with Gasteiger partial charge in [-0.15, -0.1) is 0 Å². The van der Waals surface area contributed by atoms with Crippen LogP contribution in [0.15, 0.2) is 57.9 Å². The first-order chi connectivity index (χ1) is 25.8. The number of para-hydroxylation sites is 1. The first-order valence-corrected chi connectivity index (χ1v) is 18.6. The smallest absolute Gasteiger partial charge is 0.259 e. The van der Waals surface area contributed by atoms with Gasteiger partial charge in [0.1, 0.15) is 27.9 Å². The molecule has 3 saturated heterocycles. The molecule has 0 aliphatic carbocycles. The van der Waals surface area contributed by atoms with Crippen molar-refractivity contribution in [2.45, 2.75) is 44.6 Å². The van der Waals surface area contributed by atoms with E-state index in [4.69, 9.17) is 19.6 Å². The number of aromatic nitrogens is 1. The molecule has 2 aromatic heterocycles. The van der Waals surface area contributed by atoms with Crippen LogP contribution in [-0.2, 0) is 9.53 Å². The van der Waals surface area contributed by atoms with Crippen molar-refractivity contribution < 1.29 is 27.9 Å². The van der Waals surface area contributed by atoms with E-state index in [1.165, 1.54) is 25.5 Å². The predicted molar refractivity (Wildman–Crippen MR) is 202 cm³/mol. The van der Waals surface area contributed by atoms with Crippen LogP contribution in [0.25, 0.3) is 38.5 Å². The zero-order chi connectivity index (χ0) is 36.6. The molecular weight excluding hydrogens is 679 g/mol. The maximum absolute atomic E-state index is 16.0. The summed E-state index contributed by atoms with van der Waals surface area (Å²) < 4.78 is 35.8. The number of primary amides is 1. The first kappa shape index (κ1) is 35.1. The van der Waals surface area contributed by atoms with Gasteiger partial charge in [-0.25, -0.2) is 4.39 Å². The number of likely N-dealkylation sites (tertiary alicyclic amines) is 1. The van der Waals surface area contributed by atoms with Crippen molar-refractivity contribution in [3.05, 3.63) is 70.3 Å². The van der Waals surface area contributed by atoms with E-state index in [-0.39, 0.29) is 22.8 Å². The van der Waals surface area contributed by atoms with E-state index in [1.54, 1.807) is 15.7 Å². The molecule has 0 bridgehead atoms. The standard InChI is InChI=1S/C31H26FN3O5.C9H19N3O/c32-22-14-20-27-30(28(22)33-8-4-1-5-9-33)40-26-15-19-18-6-2-3-7-24(18)39-25(19)16-23(26)35(27)17-21(29(20)36)31(37)34-10-12-38-13-11-34;1-12-6-2-3-8(12)4-5-11-7-9(10)13/h2-3,6-7,14-17H,1,4-5,8-13H2;8,11H,2-7H2,1H3,(H2,10,13). The molecule has 4 aliphatic rings. The normalized spacial score (nSPS) is 18.6. The number of fused-ring (bicyclic) bond motifs is 5. The highest BCUT2D eigenvalue weighted by Crippen LogP contribution is 2.48. The third kappa shape index (κ3) is 6.73. The van der Waals surface area contributed by atoms with Crippen LogP contribution in [-0.4, -0.2) is 98.3 Å². The van der Waals surface area contributed by atoms with Crippen molar-refractivity contribution in [2.75, 3.05) is 71.0 Å². The number of nitrogens with zero attached hydrogens (tertiary/aromatic N) is 4. The molecule has 9 rings (SSSR count). The number of hydrogen-bond acceptors (Lipinski definition) is 9. The van der Waals surface area contributed by atoms with Gasteiger partial charge in [-0.05, 0) is 76.9 Å². The van der Waals surface area contributed by atoms with Crippen molar-refractivity contribution in [3.63, 3.8) is 0 Å². The molecule has 5 aromatic rings. The van der Waals surface area contributed by atoms with Gasteiger partial charge in [-0.1, -0.05) is 18.2 Å². The van der Waals surface area contributed by atoms with Gasteiger partial charge in [-0.3, -0.25) is 14.4 Å². The summed E-state index contributed by atoms with van der Waals surface area (Å²) in [6, 6.07) is 13.5. The fourth-order valence-corrected chi connectivity index (χ4v) is 8.15. The van der Waals surface area contributed by atoms with E-state index in [1.807, 2.05) is 41.3 Å². The van der Waals surface area contributed by atoms with Crippen molar-refractivity contribution in [3.8, 4) is 17.2 Å². The molecule has 1 atom stereocenters. The van der Waals surface area contributed by atoms with Crippen LogP contribution in [0.5, 0.6) is 11.5 Å². The van der Waals surface area contributed by atoms with Gasteiger partial charge in [0, 0.05) is 55.3 Å². The number of rotatable bonds is 7. The quantitative estimate of drug-likeness (QED) is 0.215. The molecule has 3 aromatic carbocycles. The Kier molecular flexibility index (Phi) is 9.80. The average molecular weight is 725 g/mol. The number of hydrogen-bond donors (Lipinski definition) is 2. The maximum atomic E-state index is 16.0. The number of ether oxygens (including phenoxy) is 2. The van der Waals surface area contributed by atoms with Gasteiger partial charge >= 0.3 is 0 Å². The number of carbonyl (C=O) groups is 2. The molecule has 1 unspecified atom stereocenters. The lowest BCUT2D eigenvalue weighted by Crippen LogP contribution is -2.42. The fraction of sp³-hybridized carbons (Fsp3) is 0.425. The molecule has 13 heteroatoms. The summed E-state index contributed by atoms with van der Waals surface area (Å²) in [5, 5.41) is 4.96. The van der Waals surface area contributed by atoms with Gasteiger partial charge in [-0.2, -0.15) is 0 Å². The van der Waals surface area contributed by atoms with E-state index in [9.17, 15) is 14.4 Å². The van der Waals surface area contributed by atoms with Crippen molar-refractivity contribution in [2.24, 2.45) is 5.73 Å². The first-order valence-electron chi connectivity index (χ1n) is 18.6. The Morgan fingerprint density at radius 3 is 2.49 bits per heavy atom. The zero-order valence-electron chi connectivity index (χ0n) is 30.0. The summed E-state index contributed by atoms with van der Waals surface area (Å²) in [4.78, 5) is 43.8. The molecule has 4 aliphatic heterocycles. The highest BCUT2D eigenvalue weighted by molar-refractivity contribution is 6.07. The summed E-state index contributed by atoms with van der Waals surface area (Å²) in [6.45, 7) is 5.41. The topological polar surface area (TPSA) is 136 Å². The Labute approximate surface area is 306 Å². The van der Waals surface area contributed by atoms with Crippen LogP contribution >= 0.6 is 0 Å². The molecule has 6 heterocycles. The number of morpholine rings is 1. The van der Waals surface area contributed by atoms with E-state index < -0.39 is 11.2 Å². The molecule has 0 saturated carbocycles. The number of piperidine rings is 1. The number of furan rings is 1. The van der Waals surface area contributed by atoms with Gasteiger partial charge < -0.3 is 44.2 Å². The van der Waals surface area contributed by atoms with Crippen LogP contribution in [0.1, 0.15) is 48.9 Å². The van der Waals surface area contributed by atoms with Crippen LogP contribution in [0.4, 0.5) is 10.1 Å². The Morgan fingerprint density at radius 1 is 0.943 bits per heavy atom. The van der Waals surface area contributed by atoms with Crippen LogP contribution in [0, 0.1) is 5.82 Å². The van der Waals surface area contributed by atoms with E-state index in [0.29, 0.717) is 86.0 Å². The monoisotopic (exact) mass is 724 g/mol. The number of nitrogens with one attached hydrogen (secondary N) is 1. The number of anilines is 1. The Bertz CT molecular complexity index is 2260. The van der Waals surface area contributed by atoms with Gasteiger partial charge in [0.05, 0.1) is 30.8 Å². The minimum absolute atomic E-state index is 0.0111.